The molecule has 0 aromatic rings. The van der Waals surface area contributed by atoms with Gasteiger partial charge in [0.1, 0.15) is 19.8 Å². The predicted octanol–water partition coefficient (Wildman–Crippen LogP) is -0.196. The Bertz CT molecular complexity index is 548. The van der Waals surface area contributed by atoms with Crippen LogP contribution >= 0.6 is 0 Å². The maximum atomic E-state index is 10.4. The average Bonchev–Trinajstić information content (AvgIpc) is 2.56. The molecule has 0 radical (unpaired) electrons. The lowest BCUT2D eigenvalue weighted by molar-refractivity contribution is -0.141. The first-order valence-corrected chi connectivity index (χ1v) is 7.16. The SMILES string of the molecule is CC(=O)OCCN(CC#N)CC#N.CN(CC#[N+]C#N)CCOC=O. The second-order valence-electron chi connectivity index (χ2n) is 4.44. The van der Waals surface area contributed by atoms with Gasteiger partial charge in [0.05, 0.1) is 25.2 Å². The number of nitriles is 3. The Morgan fingerprint density at radius 2 is 1.76 bits per heavy atom. The molecule has 0 aliphatic heterocycles. The molecule has 0 amide bonds. The van der Waals surface area contributed by atoms with E-state index in [-0.39, 0.29) is 25.7 Å². The van der Waals surface area contributed by atoms with Crippen LogP contribution in [0.2, 0.25) is 0 Å². The van der Waals surface area contributed by atoms with E-state index in [2.05, 4.69) is 20.4 Å². The third kappa shape index (κ3) is 20.8. The zero-order valence-electron chi connectivity index (χ0n) is 14.3. The molecule has 0 saturated heterocycles. The number of nitrogens with zero attached hydrogens (tertiary/aromatic N) is 6. The summed E-state index contributed by atoms with van der Waals surface area (Å²) in [6.07, 6.45) is 1.59. The summed E-state index contributed by atoms with van der Waals surface area (Å²) in [6, 6.07) is 6.36. The monoisotopic (exact) mass is 349 g/mol. The van der Waals surface area contributed by atoms with Gasteiger partial charge < -0.3 is 9.47 Å². The molecule has 0 spiro atoms. The van der Waals surface area contributed by atoms with E-state index in [9.17, 15) is 9.59 Å². The molecule has 10 nitrogen and oxygen atoms in total. The van der Waals surface area contributed by atoms with E-state index >= 15 is 0 Å². The number of rotatable bonds is 10. The van der Waals surface area contributed by atoms with E-state index in [0.717, 1.165) is 0 Å². The van der Waals surface area contributed by atoms with E-state index in [1.54, 1.807) is 11.1 Å². The highest BCUT2D eigenvalue weighted by Crippen LogP contribution is 1.87. The van der Waals surface area contributed by atoms with Crippen molar-refractivity contribution >= 4 is 12.4 Å². The molecule has 0 N–H and O–H groups in total. The second-order valence-corrected chi connectivity index (χ2v) is 4.44. The van der Waals surface area contributed by atoms with Gasteiger partial charge in [-0.1, -0.05) is 4.85 Å². The Hall–Kier alpha value is -3.18. The number of hydrogen-bond acceptors (Lipinski definition) is 9. The van der Waals surface area contributed by atoms with Gasteiger partial charge in [-0.3, -0.25) is 19.4 Å². The predicted molar refractivity (Wildman–Crippen MR) is 86.7 cm³/mol. The smallest absolute Gasteiger partial charge is 0.467 e. The first-order valence-electron chi connectivity index (χ1n) is 7.16. The highest BCUT2D eigenvalue weighted by Gasteiger charge is 2.03. The number of esters is 1. The topological polar surface area (TPSA) is 135 Å². The minimum Gasteiger partial charge on any atom is -0.467 e. The summed E-state index contributed by atoms with van der Waals surface area (Å²) in [4.78, 5) is 26.8. The molecular formula is C15H21N6O4+. The average molecular weight is 349 g/mol. The quantitative estimate of drug-likeness (QED) is 0.173. The minimum atomic E-state index is -0.353. The molecule has 0 aromatic carbocycles. The van der Waals surface area contributed by atoms with Crippen molar-refractivity contribution in [2.24, 2.45) is 0 Å². The van der Waals surface area contributed by atoms with E-state index < -0.39 is 0 Å². The Morgan fingerprint density at radius 3 is 2.24 bits per heavy atom. The van der Waals surface area contributed by atoms with Gasteiger partial charge >= 0.3 is 12.2 Å². The third-order valence-corrected chi connectivity index (χ3v) is 2.43. The Labute approximate surface area is 147 Å². The van der Waals surface area contributed by atoms with Crippen molar-refractivity contribution in [1.82, 2.24) is 9.80 Å². The summed E-state index contributed by atoms with van der Waals surface area (Å²) in [7, 11) is 1.81. The fourth-order valence-corrected chi connectivity index (χ4v) is 1.26. The number of likely N-dealkylation sites (N-methyl/N-ethyl adjacent to an activating group) is 1. The second kappa shape index (κ2) is 18.9. The van der Waals surface area contributed by atoms with Crippen LogP contribution in [0.5, 0.6) is 0 Å². The molecule has 10 heteroatoms. The zero-order valence-corrected chi connectivity index (χ0v) is 14.3. The lowest BCUT2D eigenvalue weighted by atomic mass is 10.5. The van der Waals surface area contributed by atoms with Crippen molar-refractivity contribution in [3.05, 3.63) is 4.85 Å². The molecule has 0 aromatic heterocycles. The summed E-state index contributed by atoms with van der Waals surface area (Å²) in [5, 5.41) is 24.8. The van der Waals surface area contributed by atoms with Crippen LogP contribution in [-0.2, 0) is 19.1 Å². The van der Waals surface area contributed by atoms with Crippen LogP contribution in [0.25, 0.3) is 4.85 Å². The number of carbonyl (C=O) groups excluding carboxylic acids is 2. The number of carbonyl (C=O) groups is 2. The van der Waals surface area contributed by atoms with Crippen molar-refractivity contribution in [3.63, 3.8) is 0 Å². The van der Waals surface area contributed by atoms with Gasteiger partial charge in [-0.25, -0.2) is 0 Å². The van der Waals surface area contributed by atoms with Crippen LogP contribution in [0.4, 0.5) is 0 Å². The van der Waals surface area contributed by atoms with Gasteiger partial charge in [-0.05, 0) is 7.05 Å². The lowest BCUT2D eigenvalue weighted by Gasteiger charge is -2.13. The largest absolute Gasteiger partial charge is 0.578 e. The maximum Gasteiger partial charge on any atom is 0.578 e. The number of hydrogen-bond donors (Lipinski definition) is 0. The van der Waals surface area contributed by atoms with Crippen molar-refractivity contribution in [1.29, 1.82) is 15.8 Å². The highest BCUT2D eigenvalue weighted by molar-refractivity contribution is 5.65. The fourth-order valence-electron chi connectivity index (χ4n) is 1.26. The Morgan fingerprint density at radius 1 is 1.12 bits per heavy atom. The molecule has 0 aliphatic rings. The molecule has 134 valence electrons. The van der Waals surface area contributed by atoms with Gasteiger partial charge in [0.25, 0.3) is 6.47 Å². The van der Waals surface area contributed by atoms with Crippen molar-refractivity contribution < 1.29 is 19.1 Å². The van der Waals surface area contributed by atoms with Crippen LogP contribution in [0.3, 0.4) is 0 Å². The van der Waals surface area contributed by atoms with Crippen LogP contribution < -0.4 is 0 Å². The molecule has 0 unspecified atom stereocenters. The summed E-state index contributed by atoms with van der Waals surface area (Å²) in [5.41, 5.74) is 0. The van der Waals surface area contributed by atoms with E-state index in [1.165, 1.54) is 6.92 Å². The maximum absolute atomic E-state index is 10.4. The van der Waals surface area contributed by atoms with Crippen LogP contribution in [0.1, 0.15) is 6.92 Å². The fraction of sp³-hybridized carbons (Fsp3) is 0.600. The molecule has 0 aliphatic carbocycles. The van der Waals surface area contributed by atoms with Crippen LogP contribution in [-0.4, -0.2) is 75.2 Å². The van der Waals surface area contributed by atoms with Gasteiger partial charge in [-0.2, -0.15) is 10.5 Å². The molecular weight excluding hydrogens is 328 g/mol. The normalized spacial score (nSPS) is 8.52. The summed E-state index contributed by atoms with van der Waals surface area (Å²) < 4.78 is 9.13. The Kier molecular flexibility index (Phi) is 18.2. The van der Waals surface area contributed by atoms with Crippen molar-refractivity contribution in [2.75, 3.05) is 53.0 Å². The molecule has 0 bridgehead atoms. The van der Waals surface area contributed by atoms with Crippen LogP contribution in [0.15, 0.2) is 0 Å². The third-order valence-electron chi connectivity index (χ3n) is 2.43. The summed E-state index contributed by atoms with van der Waals surface area (Å²) in [5.74, 6) is -0.353. The molecule has 0 fully saturated rings. The lowest BCUT2D eigenvalue weighted by Crippen LogP contribution is -2.28. The van der Waals surface area contributed by atoms with Crippen LogP contribution in [0, 0.1) is 40.2 Å². The zero-order chi connectivity index (χ0) is 19.3. The Balaban J connectivity index is 0. The first kappa shape index (κ1) is 24.1. The summed E-state index contributed by atoms with van der Waals surface area (Å²) in [6.45, 7) is 4.11. The van der Waals surface area contributed by atoms with Crippen molar-refractivity contribution in [2.45, 2.75) is 6.92 Å². The molecule has 0 heterocycles. The first-order chi connectivity index (χ1) is 12.0. The van der Waals surface area contributed by atoms with Gasteiger partial charge in [0, 0.05) is 20.0 Å². The number of ether oxygens (including phenoxy) is 2. The summed E-state index contributed by atoms with van der Waals surface area (Å²) >= 11 is 0. The van der Waals surface area contributed by atoms with E-state index in [4.69, 9.17) is 15.8 Å². The standard InChI is InChI=1S/C8H11N3O2.C7H10N3O2/c1-8(12)13-7-6-11(4-2-9)5-3-10;1-10(3-2-9-6-8)4-5-12-7-11/h4-7H2,1H3;7H,3-5H2,1H3/q;+1. The molecule has 0 atom stereocenters. The van der Waals surface area contributed by atoms with E-state index in [1.807, 2.05) is 24.1 Å². The van der Waals surface area contributed by atoms with Gasteiger partial charge in [0.2, 0.25) is 0 Å². The minimum absolute atomic E-state index is 0.175. The molecule has 0 saturated carbocycles. The van der Waals surface area contributed by atoms with Gasteiger partial charge in [0.15, 0.2) is 11.3 Å². The molecule has 25 heavy (non-hydrogen) atoms. The van der Waals surface area contributed by atoms with Crippen molar-refractivity contribution in [3.8, 4) is 24.4 Å². The molecule has 0 rings (SSSR count). The van der Waals surface area contributed by atoms with E-state index in [0.29, 0.717) is 32.7 Å². The van der Waals surface area contributed by atoms with Gasteiger partial charge in [-0.15, -0.1) is 0 Å². The highest BCUT2D eigenvalue weighted by atomic mass is 16.5.